The van der Waals surface area contributed by atoms with Crippen LogP contribution in [-0.2, 0) is 17.8 Å². The Morgan fingerprint density at radius 1 is 1.14 bits per heavy atom. The summed E-state index contributed by atoms with van der Waals surface area (Å²) in [7, 11) is 0. The predicted molar refractivity (Wildman–Crippen MR) is 104 cm³/mol. The number of nitrogens with two attached hydrogens (primary N) is 1. The van der Waals surface area contributed by atoms with E-state index in [4.69, 9.17) is 5.73 Å². The second-order valence-electron chi connectivity index (χ2n) is 6.93. The van der Waals surface area contributed by atoms with Gasteiger partial charge in [-0.15, -0.1) is 0 Å². The summed E-state index contributed by atoms with van der Waals surface area (Å²) < 4.78 is 13.4. The molecule has 2 aromatic carbocycles. The van der Waals surface area contributed by atoms with Crippen LogP contribution in [0, 0.1) is 5.82 Å². The van der Waals surface area contributed by atoms with Crippen LogP contribution in [0.25, 0.3) is 10.9 Å². The molecule has 2 heterocycles. The summed E-state index contributed by atoms with van der Waals surface area (Å²) in [4.78, 5) is 30.0. The fourth-order valence-electron chi connectivity index (χ4n) is 3.48. The van der Waals surface area contributed by atoms with Crippen LogP contribution in [0.3, 0.4) is 0 Å². The van der Waals surface area contributed by atoms with Crippen molar-refractivity contribution in [1.82, 2.24) is 9.88 Å². The molecule has 142 valence electrons. The zero-order chi connectivity index (χ0) is 19.7. The molecule has 0 bridgehead atoms. The molecule has 4 rings (SSSR count). The van der Waals surface area contributed by atoms with E-state index in [9.17, 15) is 14.0 Å². The van der Waals surface area contributed by atoms with Crippen LogP contribution in [0.4, 0.5) is 10.1 Å². The fourth-order valence-corrected chi connectivity index (χ4v) is 3.48. The number of halogens is 1. The fraction of sp³-hybridized carbons (Fsp3) is 0.190. The Bertz CT molecular complexity index is 1080. The van der Waals surface area contributed by atoms with Gasteiger partial charge in [0.1, 0.15) is 5.82 Å². The molecule has 0 spiro atoms. The molecule has 0 atom stereocenters. The number of fused-ring (bicyclic) bond motifs is 2. The monoisotopic (exact) mass is 378 g/mol. The van der Waals surface area contributed by atoms with Gasteiger partial charge >= 0.3 is 0 Å². The van der Waals surface area contributed by atoms with Gasteiger partial charge in [0.15, 0.2) is 0 Å². The van der Waals surface area contributed by atoms with E-state index in [0.29, 0.717) is 28.7 Å². The average Bonchev–Trinajstić information content (AvgIpc) is 2.66. The highest BCUT2D eigenvalue weighted by Crippen LogP contribution is 2.23. The summed E-state index contributed by atoms with van der Waals surface area (Å²) >= 11 is 0. The summed E-state index contributed by atoms with van der Waals surface area (Å²) in [6, 6.07) is 11.6. The van der Waals surface area contributed by atoms with Crippen molar-refractivity contribution in [2.24, 2.45) is 5.73 Å². The molecule has 2 amide bonds. The standard InChI is InChI=1S/C21H19FN4O2/c22-17-2-4-19-14(8-17)7-15(10-24-19)21(28)25-18-3-1-13-5-6-26(12-20(23)27)11-16(13)9-18/h1-4,7-10H,5-6,11-12H2,(H2,23,27)(H,25,28). The molecule has 0 unspecified atom stereocenters. The second kappa shape index (κ2) is 7.36. The maximum absolute atomic E-state index is 13.4. The normalized spacial score (nSPS) is 13.9. The SMILES string of the molecule is NC(=O)CN1CCc2ccc(NC(=O)c3cnc4ccc(F)cc4c3)cc2C1. The number of hydrogen-bond acceptors (Lipinski definition) is 4. The third-order valence-electron chi connectivity index (χ3n) is 4.84. The molecule has 1 aliphatic heterocycles. The Labute approximate surface area is 161 Å². The Morgan fingerprint density at radius 3 is 2.82 bits per heavy atom. The first kappa shape index (κ1) is 18.1. The Morgan fingerprint density at radius 2 is 2.00 bits per heavy atom. The average molecular weight is 378 g/mol. The molecule has 3 N–H and O–H groups in total. The molecule has 0 saturated carbocycles. The van der Waals surface area contributed by atoms with E-state index in [0.717, 1.165) is 18.5 Å². The van der Waals surface area contributed by atoms with Gasteiger partial charge in [0.2, 0.25) is 5.91 Å². The third kappa shape index (κ3) is 3.84. The van der Waals surface area contributed by atoms with Crippen molar-refractivity contribution in [1.29, 1.82) is 0 Å². The highest BCUT2D eigenvalue weighted by molar-refractivity contribution is 6.05. The molecule has 0 saturated heterocycles. The molecule has 1 aromatic heterocycles. The molecular formula is C21H19FN4O2. The topological polar surface area (TPSA) is 88.3 Å². The van der Waals surface area contributed by atoms with Crippen LogP contribution in [0.15, 0.2) is 48.7 Å². The van der Waals surface area contributed by atoms with Crippen LogP contribution < -0.4 is 11.1 Å². The van der Waals surface area contributed by atoms with E-state index in [-0.39, 0.29) is 24.2 Å². The van der Waals surface area contributed by atoms with E-state index in [1.54, 1.807) is 12.1 Å². The number of carbonyl (C=O) groups excluding carboxylic acids is 2. The lowest BCUT2D eigenvalue weighted by atomic mass is 9.99. The molecule has 28 heavy (non-hydrogen) atoms. The maximum Gasteiger partial charge on any atom is 0.257 e. The lowest BCUT2D eigenvalue weighted by Gasteiger charge is -2.28. The highest BCUT2D eigenvalue weighted by atomic mass is 19.1. The number of benzene rings is 2. The van der Waals surface area contributed by atoms with Crippen LogP contribution in [0.2, 0.25) is 0 Å². The van der Waals surface area contributed by atoms with Crippen LogP contribution in [0.5, 0.6) is 0 Å². The minimum Gasteiger partial charge on any atom is -0.369 e. The van der Waals surface area contributed by atoms with Gasteiger partial charge in [0.25, 0.3) is 5.91 Å². The summed E-state index contributed by atoms with van der Waals surface area (Å²) in [5.41, 5.74) is 9.18. The third-order valence-corrected chi connectivity index (χ3v) is 4.84. The number of pyridine rings is 1. The van der Waals surface area contributed by atoms with Crippen molar-refractivity contribution in [3.63, 3.8) is 0 Å². The van der Waals surface area contributed by atoms with Crippen LogP contribution in [-0.4, -0.2) is 34.8 Å². The smallest absolute Gasteiger partial charge is 0.257 e. The number of aromatic nitrogens is 1. The van der Waals surface area contributed by atoms with Crippen molar-refractivity contribution in [3.05, 3.63) is 71.2 Å². The summed E-state index contributed by atoms with van der Waals surface area (Å²) in [6.07, 6.45) is 2.31. The van der Waals surface area contributed by atoms with Crippen LogP contribution >= 0.6 is 0 Å². The predicted octanol–water partition coefficient (Wildman–Crippen LogP) is 2.47. The minimum atomic E-state index is -0.373. The molecule has 3 aromatic rings. The van der Waals surface area contributed by atoms with Crippen molar-refractivity contribution in [2.75, 3.05) is 18.4 Å². The number of anilines is 1. The Balaban J connectivity index is 1.53. The van der Waals surface area contributed by atoms with E-state index in [2.05, 4.69) is 10.3 Å². The van der Waals surface area contributed by atoms with Gasteiger partial charge < -0.3 is 11.1 Å². The molecule has 7 heteroatoms. The van der Waals surface area contributed by atoms with Gasteiger partial charge in [-0.25, -0.2) is 4.39 Å². The van der Waals surface area contributed by atoms with Crippen molar-refractivity contribution < 1.29 is 14.0 Å². The van der Waals surface area contributed by atoms with Gasteiger partial charge in [0.05, 0.1) is 17.6 Å². The van der Waals surface area contributed by atoms with Crippen molar-refractivity contribution in [3.8, 4) is 0 Å². The van der Waals surface area contributed by atoms with E-state index in [1.807, 2.05) is 23.1 Å². The molecular weight excluding hydrogens is 359 g/mol. The minimum absolute atomic E-state index is 0.218. The molecule has 0 fully saturated rings. The van der Waals surface area contributed by atoms with Crippen molar-refractivity contribution in [2.45, 2.75) is 13.0 Å². The van der Waals surface area contributed by atoms with Gasteiger partial charge in [-0.05, 0) is 53.9 Å². The van der Waals surface area contributed by atoms with Gasteiger partial charge in [-0.1, -0.05) is 6.07 Å². The first-order chi connectivity index (χ1) is 13.5. The lowest BCUT2D eigenvalue weighted by molar-refractivity contribution is -0.119. The Hall–Kier alpha value is -3.32. The van der Waals surface area contributed by atoms with Gasteiger partial charge in [0, 0.05) is 30.4 Å². The first-order valence-electron chi connectivity index (χ1n) is 8.97. The lowest BCUT2D eigenvalue weighted by Crippen LogP contribution is -2.37. The zero-order valence-corrected chi connectivity index (χ0v) is 15.1. The Kier molecular flexibility index (Phi) is 4.75. The molecule has 1 aliphatic rings. The van der Waals surface area contributed by atoms with E-state index >= 15 is 0 Å². The second-order valence-corrected chi connectivity index (χ2v) is 6.93. The molecule has 0 aliphatic carbocycles. The van der Waals surface area contributed by atoms with Gasteiger partial charge in [-0.2, -0.15) is 0 Å². The van der Waals surface area contributed by atoms with Crippen LogP contribution in [0.1, 0.15) is 21.5 Å². The zero-order valence-electron chi connectivity index (χ0n) is 15.1. The van der Waals surface area contributed by atoms with E-state index < -0.39 is 0 Å². The summed E-state index contributed by atoms with van der Waals surface area (Å²) in [5.74, 6) is -1.04. The molecule has 6 nitrogen and oxygen atoms in total. The summed E-state index contributed by atoms with van der Waals surface area (Å²) in [5, 5.41) is 3.43. The van der Waals surface area contributed by atoms with E-state index in [1.165, 1.54) is 23.9 Å². The number of nitrogens with zero attached hydrogens (tertiary/aromatic N) is 2. The van der Waals surface area contributed by atoms with Gasteiger partial charge in [-0.3, -0.25) is 19.5 Å². The number of nitrogens with one attached hydrogen (secondary N) is 1. The molecule has 0 radical (unpaired) electrons. The number of primary amides is 1. The largest absolute Gasteiger partial charge is 0.369 e. The number of rotatable bonds is 4. The quantitative estimate of drug-likeness (QED) is 0.730. The highest BCUT2D eigenvalue weighted by Gasteiger charge is 2.18. The number of amides is 2. The van der Waals surface area contributed by atoms with Crippen molar-refractivity contribution >= 4 is 28.4 Å². The number of carbonyl (C=O) groups is 2. The maximum atomic E-state index is 13.4. The number of hydrogen-bond donors (Lipinski definition) is 2. The summed E-state index contributed by atoms with van der Waals surface area (Å²) in [6.45, 7) is 1.61. The first-order valence-corrected chi connectivity index (χ1v) is 8.97.